The predicted molar refractivity (Wildman–Crippen MR) is 71.2 cm³/mol. The van der Waals surface area contributed by atoms with E-state index >= 15 is 0 Å². The fraction of sp³-hybridized carbons (Fsp3) is 0.556. The van der Waals surface area contributed by atoms with Gasteiger partial charge in [-0.25, -0.2) is 8.42 Å². The van der Waals surface area contributed by atoms with Gasteiger partial charge in [0.15, 0.2) is 0 Å². The van der Waals surface area contributed by atoms with Crippen molar-refractivity contribution in [3.8, 4) is 0 Å². The van der Waals surface area contributed by atoms with Crippen LogP contribution in [0.3, 0.4) is 0 Å². The van der Waals surface area contributed by atoms with Crippen molar-refractivity contribution in [1.29, 1.82) is 0 Å². The second-order valence-corrected chi connectivity index (χ2v) is 7.51. The number of rotatable bonds is 6. The van der Waals surface area contributed by atoms with E-state index in [2.05, 4.69) is 21.2 Å². The van der Waals surface area contributed by atoms with Gasteiger partial charge in [0.2, 0.25) is 10.0 Å². The van der Waals surface area contributed by atoms with Gasteiger partial charge < -0.3 is 5.32 Å². The highest BCUT2D eigenvalue weighted by atomic mass is 79.9. The van der Waals surface area contributed by atoms with E-state index in [9.17, 15) is 8.42 Å². The molecule has 7 heteroatoms. The second kappa shape index (κ2) is 6.11. The van der Waals surface area contributed by atoms with Crippen LogP contribution in [0, 0.1) is 0 Å². The molecule has 1 rings (SSSR count). The molecular weight excluding hydrogens is 312 g/mol. The zero-order valence-corrected chi connectivity index (χ0v) is 12.5. The van der Waals surface area contributed by atoms with Crippen molar-refractivity contribution in [1.82, 2.24) is 9.62 Å². The summed E-state index contributed by atoms with van der Waals surface area (Å²) in [6, 6.07) is 1.94. The third kappa shape index (κ3) is 4.14. The lowest BCUT2D eigenvalue weighted by molar-refractivity contribution is 0.468. The quantitative estimate of drug-likeness (QED) is 0.861. The average molecular weight is 327 g/mol. The molecule has 0 aliphatic carbocycles. The van der Waals surface area contributed by atoms with Gasteiger partial charge in [-0.05, 0) is 29.0 Å². The molecule has 0 unspecified atom stereocenters. The summed E-state index contributed by atoms with van der Waals surface area (Å²) in [6.07, 6.45) is 0. The fourth-order valence-corrected chi connectivity index (χ4v) is 3.84. The highest BCUT2D eigenvalue weighted by Crippen LogP contribution is 2.21. The first-order valence-electron chi connectivity index (χ1n) is 4.77. The van der Waals surface area contributed by atoms with Crippen molar-refractivity contribution in [3.05, 3.63) is 20.8 Å². The normalized spacial score (nSPS) is 12.2. The minimum absolute atomic E-state index is 0.131. The van der Waals surface area contributed by atoms with Gasteiger partial charge in [-0.2, -0.15) is 4.31 Å². The van der Waals surface area contributed by atoms with Gasteiger partial charge in [0.25, 0.3) is 0 Å². The molecule has 0 saturated carbocycles. The molecule has 0 aliphatic heterocycles. The van der Waals surface area contributed by atoms with E-state index in [0.717, 1.165) is 9.35 Å². The first-order valence-corrected chi connectivity index (χ1v) is 8.05. The Bertz CT molecular complexity index is 430. The molecule has 0 fully saturated rings. The smallest absolute Gasteiger partial charge is 0.215 e. The average Bonchev–Trinajstić information content (AvgIpc) is 2.61. The second-order valence-electron chi connectivity index (χ2n) is 3.41. The van der Waals surface area contributed by atoms with E-state index < -0.39 is 10.0 Å². The number of hydrogen-bond donors (Lipinski definition) is 1. The van der Waals surface area contributed by atoms with Crippen LogP contribution in [0.1, 0.15) is 4.88 Å². The molecule has 0 amide bonds. The lowest BCUT2D eigenvalue weighted by atomic mass is 10.5. The molecule has 0 bridgehead atoms. The highest BCUT2D eigenvalue weighted by molar-refractivity contribution is 9.10. The Balaban J connectivity index is 2.61. The highest BCUT2D eigenvalue weighted by Gasteiger charge is 2.17. The fourth-order valence-electron chi connectivity index (χ4n) is 1.14. The molecule has 0 saturated heterocycles. The number of hydrogen-bond acceptors (Lipinski definition) is 4. The van der Waals surface area contributed by atoms with Crippen molar-refractivity contribution < 1.29 is 8.42 Å². The first-order chi connectivity index (χ1) is 7.45. The van der Waals surface area contributed by atoms with Crippen LogP contribution in [0.4, 0.5) is 0 Å². The van der Waals surface area contributed by atoms with Crippen molar-refractivity contribution in [3.63, 3.8) is 0 Å². The van der Waals surface area contributed by atoms with Gasteiger partial charge in [-0.15, -0.1) is 11.3 Å². The van der Waals surface area contributed by atoms with E-state index in [1.807, 2.05) is 11.4 Å². The standard InChI is InChI=1S/C9H15BrN2O2S2/c1-11-3-4-16(13,14)12(2)6-9-5-8(10)7-15-9/h5,7,11H,3-4,6H2,1-2H3. The largest absolute Gasteiger partial charge is 0.319 e. The van der Waals surface area contributed by atoms with Crippen LogP contribution in [0.15, 0.2) is 15.9 Å². The van der Waals surface area contributed by atoms with E-state index in [1.165, 1.54) is 4.31 Å². The molecule has 0 aliphatic rings. The monoisotopic (exact) mass is 326 g/mol. The summed E-state index contributed by atoms with van der Waals surface area (Å²) >= 11 is 4.90. The van der Waals surface area contributed by atoms with Crippen LogP contribution in [0.25, 0.3) is 0 Å². The third-order valence-electron chi connectivity index (χ3n) is 2.09. The molecule has 16 heavy (non-hydrogen) atoms. The van der Waals surface area contributed by atoms with E-state index in [1.54, 1.807) is 25.4 Å². The van der Waals surface area contributed by atoms with Gasteiger partial charge in [0, 0.05) is 34.9 Å². The molecule has 0 radical (unpaired) electrons. The van der Waals surface area contributed by atoms with Gasteiger partial charge in [0.1, 0.15) is 0 Å². The molecule has 4 nitrogen and oxygen atoms in total. The number of sulfonamides is 1. The van der Waals surface area contributed by atoms with Crippen molar-refractivity contribution in [2.24, 2.45) is 0 Å². The van der Waals surface area contributed by atoms with Gasteiger partial charge in [-0.3, -0.25) is 0 Å². The summed E-state index contributed by atoms with van der Waals surface area (Å²) in [5.41, 5.74) is 0. The Labute approximate surface area is 109 Å². The maximum Gasteiger partial charge on any atom is 0.215 e. The molecule has 1 aromatic heterocycles. The number of halogens is 1. The maximum atomic E-state index is 11.8. The van der Waals surface area contributed by atoms with Crippen molar-refractivity contribution in [2.45, 2.75) is 6.54 Å². The van der Waals surface area contributed by atoms with Crippen LogP contribution >= 0.6 is 27.3 Å². The number of nitrogens with one attached hydrogen (secondary N) is 1. The van der Waals surface area contributed by atoms with Gasteiger partial charge in [0.05, 0.1) is 5.75 Å². The lowest BCUT2D eigenvalue weighted by Crippen LogP contribution is -2.32. The van der Waals surface area contributed by atoms with Gasteiger partial charge >= 0.3 is 0 Å². The van der Waals surface area contributed by atoms with Crippen LogP contribution in [0.5, 0.6) is 0 Å². The molecule has 0 aromatic carbocycles. The summed E-state index contributed by atoms with van der Waals surface area (Å²) < 4.78 is 25.9. The zero-order chi connectivity index (χ0) is 12.2. The molecule has 1 heterocycles. The van der Waals surface area contributed by atoms with E-state index in [-0.39, 0.29) is 5.75 Å². The van der Waals surface area contributed by atoms with Gasteiger partial charge in [-0.1, -0.05) is 0 Å². The number of nitrogens with zero attached hydrogens (tertiary/aromatic N) is 1. The summed E-state index contributed by atoms with van der Waals surface area (Å²) in [7, 11) is 0.203. The minimum atomic E-state index is -3.15. The Morgan fingerprint density at radius 3 is 2.75 bits per heavy atom. The Morgan fingerprint density at radius 1 is 1.56 bits per heavy atom. The molecule has 1 aromatic rings. The number of thiophene rings is 1. The van der Waals surface area contributed by atoms with E-state index in [0.29, 0.717) is 13.1 Å². The Morgan fingerprint density at radius 2 is 2.25 bits per heavy atom. The Kier molecular flexibility index (Phi) is 5.39. The maximum absolute atomic E-state index is 11.8. The first kappa shape index (κ1) is 14.1. The third-order valence-corrected chi connectivity index (χ3v) is 5.57. The topological polar surface area (TPSA) is 49.4 Å². The van der Waals surface area contributed by atoms with Crippen molar-refractivity contribution in [2.75, 3.05) is 26.4 Å². The lowest BCUT2D eigenvalue weighted by Gasteiger charge is -2.15. The van der Waals surface area contributed by atoms with Crippen LogP contribution in [0.2, 0.25) is 0 Å². The zero-order valence-electron chi connectivity index (χ0n) is 9.23. The Hall–Kier alpha value is 0.0500. The molecule has 92 valence electrons. The van der Waals surface area contributed by atoms with Crippen LogP contribution in [-0.4, -0.2) is 39.1 Å². The minimum Gasteiger partial charge on any atom is -0.319 e. The van der Waals surface area contributed by atoms with E-state index in [4.69, 9.17) is 0 Å². The molecule has 0 spiro atoms. The summed E-state index contributed by atoms with van der Waals surface area (Å²) in [6.45, 7) is 0.906. The van der Waals surface area contributed by atoms with Crippen LogP contribution < -0.4 is 5.32 Å². The molecule has 1 N–H and O–H groups in total. The summed E-state index contributed by atoms with van der Waals surface area (Å²) in [5.74, 6) is 0.131. The molecular formula is C9H15BrN2O2S2. The predicted octanol–water partition coefficient (Wildman–Crippen LogP) is 1.49. The van der Waals surface area contributed by atoms with Crippen molar-refractivity contribution >= 4 is 37.3 Å². The summed E-state index contributed by atoms with van der Waals surface area (Å²) in [4.78, 5) is 1.03. The van der Waals surface area contributed by atoms with Crippen LogP contribution in [-0.2, 0) is 16.6 Å². The molecule has 0 atom stereocenters. The SMILES string of the molecule is CNCCS(=O)(=O)N(C)Cc1cc(Br)cs1. The summed E-state index contributed by atoms with van der Waals surface area (Å²) in [5, 5.41) is 4.78.